The SMILES string of the molecule is CC(NC(=O)c1cc(N2CCCC2)ccn1)c1ccccc1Br. The van der Waals surface area contributed by atoms with Gasteiger partial charge < -0.3 is 10.2 Å². The minimum Gasteiger partial charge on any atom is -0.371 e. The molecule has 1 aliphatic heterocycles. The van der Waals surface area contributed by atoms with Crippen molar-refractivity contribution >= 4 is 27.5 Å². The fourth-order valence-corrected chi connectivity index (χ4v) is 3.52. The summed E-state index contributed by atoms with van der Waals surface area (Å²) in [6.45, 7) is 4.08. The van der Waals surface area contributed by atoms with Gasteiger partial charge in [0.2, 0.25) is 0 Å². The third-order valence-electron chi connectivity index (χ3n) is 4.17. The molecule has 23 heavy (non-hydrogen) atoms. The Morgan fingerprint density at radius 2 is 2.00 bits per heavy atom. The largest absolute Gasteiger partial charge is 0.371 e. The molecule has 0 aliphatic carbocycles. The summed E-state index contributed by atoms with van der Waals surface area (Å²) < 4.78 is 0.992. The van der Waals surface area contributed by atoms with E-state index in [1.54, 1.807) is 6.20 Å². The molecule has 1 aromatic heterocycles. The average molecular weight is 374 g/mol. The molecule has 4 nitrogen and oxygen atoms in total. The maximum absolute atomic E-state index is 12.5. The number of pyridine rings is 1. The highest BCUT2D eigenvalue weighted by molar-refractivity contribution is 9.10. The van der Waals surface area contributed by atoms with Crippen LogP contribution in [-0.2, 0) is 0 Å². The lowest BCUT2D eigenvalue weighted by molar-refractivity contribution is 0.0935. The van der Waals surface area contributed by atoms with E-state index in [9.17, 15) is 4.79 Å². The first-order chi connectivity index (χ1) is 11.1. The van der Waals surface area contributed by atoms with Gasteiger partial charge in [0.25, 0.3) is 5.91 Å². The van der Waals surface area contributed by atoms with E-state index in [-0.39, 0.29) is 11.9 Å². The summed E-state index contributed by atoms with van der Waals surface area (Å²) in [5.41, 5.74) is 2.60. The van der Waals surface area contributed by atoms with Gasteiger partial charge in [0.1, 0.15) is 5.69 Å². The lowest BCUT2D eigenvalue weighted by Crippen LogP contribution is -2.28. The highest BCUT2D eigenvalue weighted by atomic mass is 79.9. The first kappa shape index (κ1) is 16.0. The zero-order valence-electron chi connectivity index (χ0n) is 13.1. The zero-order chi connectivity index (χ0) is 16.2. The second-order valence-corrected chi connectivity index (χ2v) is 6.66. The predicted octanol–water partition coefficient (Wildman–Crippen LogP) is 3.94. The molecule has 1 unspecified atom stereocenters. The third kappa shape index (κ3) is 3.72. The Labute approximate surface area is 145 Å². The smallest absolute Gasteiger partial charge is 0.270 e. The number of amides is 1. The van der Waals surface area contributed by atoms with Gasteiger partial charge in [-0.05, 0) is 43.5 Å². The minimum atomic E-state index is -0.144. The summed E-state index contributed by atoms with van der Waals surface area (Å²) in [5, 5.41) is 3.02. The van der Waals surface area contributed by atoms with Crippen LogP contribution in [0.2, 0.25) is 0 Å². The van der Waals surface area contributed by atoms with E-state index >= 15 is 0 Å². The van der Waals surface area contributed by atoms with Gasteiger partial charge in [-0.15, -0.1) is 0 Å². The Hall–Kier alpha value is -1.88. The van der Waals surface area contributed by atoms with E-state index in [1.165, 1.54) is 12.8 Å². The first-order valence-corrected chi connectivity index (χ1v) is 8.71. The van der Waals surface area contributed by atoms with Crippen molar-refractivity contribution < 1.29 is 4.79 Å². The molecule has 1 aliphatic rings. The molecule has 0 bridgehead atoms. The number of halogens is 1. The molecule has 1 aromatic carbocycles. The molecule has 5 heteroatoms. The van der Waals surface area contributed by atoms with Crippen LogP contribution in [0, 0.1) is 0 Å². The molecular weight excluding hydrogens is 354 g/mol. The summed E-state index contributed by atoms with van der Waals surface area (Å²) in [5.74, 6) is -0.144. The van der Waals surface area contributed by atoms with Gasteiger partial charge in [-0.3, -0.25) is 9.78 Å². The minimum absolute atomic E-state index is 0.0877. The summed E-state index contributed by atoms with van der Waals surface area (Å²) in [6.07, 6.45) is 4.14. The fourth-order valence-electron chi connectivity index (χ4n) is 2.89. The topological polar surface area (TPSA) is 45.2 Å². The Bertz CT molecular complexity index is 698. The Morgan fingerprint density at radius 3 is 2.74 bits per heavy atom. The number of benzene rings is 1. The van der Waals surface area contributed by atoms with Crippen molar-refractivity contribution in [1.82, 2.24) is 10.3 Å². The molecule has 1 saturated heterocycles. The van der Waals surface area contributed by atoms with Gasteiger partial charge in [-0.2, -0.15) is 0 Å². The molecule has 0 saturated carbocycles. The molecule has 0 radical (unpaired) electrons. The van der Waals surface area contributed by atoms with Crippen LogP contribution in [0.15, 0.2) is 47.1 Å². The van der Waals surface area contributed by atoms with Crippen LogP contribution < -0.4 is 10.2 Å². The van der Waals surface area contributed by atoms with E-state index < -0.39 is 0 Å². The van der Waals surface area contributed by atoms with E-state index in [1.807, 2.05) is 43.3 Å². The van der Waals surface area contributed by atoms with Crippen molar-refractivity contribution in [3.63, 3.8) is 0 Å². The van der Waals surface area contributed by atoms with Crippen LogP contribution in [0.4, 0.5) is 5.69 Å². The number of carbonyl (C=O) groups excluding carboxylic acids is 1. The maximum atomic E-state index is 12.5. The normalized spacial score (nSPS) is 15.5. The molecule has 0 spiro atoms. The van der Waals surface area contributed by atoms with Gasteiger partial charge >= 0.3 is 0 Å². The van der Waals surface area contributed by atoms with E-state index in [0.717, 1.165) is 28.8 Å². The van der Waals surface area contributed by atoms with E-state index in [0.29, 0.717) is 5.69 Å². The van der Waals surface area contributed by atoms with Crippen LogP contribution in [0.25, 0.3) is 0 Å². The summed E-state index contributed by atoms with van der Waals surface area (Å²) >= 11 is 3.53. The van der Waals surface area contributed by atoms with Crippen molar-refractivity contribution in [2.24, 2.45) is 0 Å². The van der Waals surface area contributed by atoms with Crippen LogP contribution >= 0.6 is 15.9 Å². The molecule has 1 atom stereocenters. The van der Waals surface area contributed by atoms with Crippen molar-refractivity contribution in [2.45, 2.75) is 25.8 Å². The molecular formula is C18H20BrN3O. The van der Waals surface area contributed by atoms with Gasteiger partial charge in [0, 0.05) is 29.4 Å². The second-order valence-electron chi connectivity index (χ2n) is 5.81. The van der Waals surface area contributed by atoms with E-state index in [2.05, 4.69) is 31.1 Å². The maximum Gasteiger partial charge on any atom is 0.270 e. The summed E-state index contributed by atoms with van der Waals surface area (Å²) in [7, 11) is 0. The predicted molar refractivity (Wildman–Crippen MR) is 95.7 cm³/mol. The first-order valence-electron chi connectivity index (χ1n) is 7.91. The van der Waals surface area contributed by atoms with Crippen LogP contribution in [0.1, 0.15) is 41.9 Å². The van der Waals surface area contributed by atoms with Crippen molar-refractivity contribution in [3.8, 4) is 0 Å². The van der Waals surface area contributed by atoms with Crippen LogP contribution in [-0.4, -0.2) is 24.0 Å². The summed E-state index contributed by atoms with van der Waals surface area (Å²) in [6, 6.07) is 11.7. The number of aromatic nitrogens is 1. The number of nitrogens with zero attached hydrogens (tertiary/aromatic N) is 2. The number of hydrogen-bond acceptors (Lipinski definition) is 3. The molecule has 2 heterocycles. The number of carbonyl (C=O) groups is 1. The van der Waals surface area contributed by atoms with Crippen molar-refractivity contribution in [3.05, 3.63) is 58.3 Å². The third-order valence-corrected chi connectivity index (χ3v) is 4.89. The standard InChI is InChI=1S/C18H20BrN3O/c1-13(15-6-2-3-7-16(15)19)21-18(23)17-12-14(8-9-20-17)22-10-4-5-11-22/h2-3,6-9,12-13H,4-5,10-11H2,1H3,(H,21,23). The zero-order valence-corrected chi connectivity index (χ0v) is 14.7. The van der Waals surface area contributed by atoms with Crippen molar-refractivity contribution in [1.29, 1.82) is 0 Å². The molecule has 1 amide bonds. The van der Waals surface area contributed by atoms with E-state index in [4.69, 9.17) is 0 Å². The molecule has 1 N–H and O–H groups in total. The fraction of sp³-hybridized carbons (Fsp3) is 0.333. The highest BCUT2D eigenvalue weighted by Crippen LogP contribution is 2.24. The monoisotopic (exact) mass is 373 g/mol. The summed E-state index contributed by atoms with van der Waals surface area (Å²) in [4.78, 5) is 19.0. The average Bonchev–Trinajstić information content (AvgIpc) is 3.10. The lowest BCUT2D eigenvalue weighted by Gasteiger charge is -2.19. The molecule has 2 aromatic rings. The second kappa shape index (κ2) is 7.13. The Morgan fingerprint density at radius 1 is 1.26 bits per heavy atom. The molecule has 1 fully saturated rings. The van der Waals surface area contributed by atoms with Gasteiger partial charge in [0.15, 0.2) is 0 Å². The number of rotatable bonds is 4. The Balaban J connectivity index is 1.73. The van der Waals surface area contributed by atoms with Gasteiger partial charge in [-0.25, -0.2) is 0 Å². The van der Waals surface area contributed by atoms with Gasteiger partial charge in [0.05, 0.1) is 6.04 Å². The Kier molecular flexibility index (Phi) is 4.96. The van der Waals surface area contributed by atoms with Crippen LogP contribution in [0.5, 0.6) is 0 Å². The molecule has 120 valence electrons. The number of hydrogen-bond donors (Lipinski definition) is 1. The van der Waals surface area contributed by atoms with Crippen LogP contribution in [0.3, 0.4) is 0 Å². The lowest BCUT2D eigenvalue weighted by atomic mass is 10.1. The number of anilines is 1. The molecule has 3 rings (SSSR count). The van der Waals surface area contributed by atoms with Gasteiger partial charge in [-0.1, -0.05) is 34.1 Å². The highest BCUT2D eigenvalue weighted by Gasteiger charge is 2.17. The van der Waals surface area contributed by atoms with Crippen molar-refractivity contribution in [2.75, 3.05) is 18.0 Å². The number of nitrogens with one attached hydrogen (secondary N) is 1. The quantitative estimate of drug-likeness (QED) is 0.882.